The van der Waals surface area contributed by atoms with E-state index < -0.39 is 0 Å². The molecule has 0 radical (unpaired) electrons. The van der Waals surface area contributed by atoms with Gasteiger partial charge in [-0.15, -0.1) is 0 Å². The Morgan fingerprint density at radius 3 is 1.96 bits per heavy atom. The summed E-state index contributed by atoms with van der Waals surface area (Å²) < 4.78 is 6.48. The summed E-state index contributed by atoms with van der Waals surface area (Å²) in [6.45, 7) is 4.79. The van der Waals surface area contributed by atoms with E-state index in [4.69, 9.17) is 4.42 Å². The lowest BCUT2D eigenvalue weighted by atomic mass is 9.74. The Balaban J connectivity index is 1.11. The molecule has 2 nitrogen and oxygen atoms in total. The quantitative estimate of drug-likeness (QED) is 0.174. The average Bonchev–Trinajstić information content (AvgIpc) is 3.70. The molecule has 7 aromatic carbocycles. The summed E-state index contributed by atoms with van der Waals surface area (Å²) in [5.41, 5.74) is 15.1. The molecule has 0 spiro atoms. The van der Waals surface area contributed by atoms with Gasteiger partial charge in [0.15, 0.2) is 0 Å². The van der Waals surface area contributed by atoms with Gasteiger partial charge in [0.2, 0.25) is 0 Å². The number of nitrogens with zero attached hydrogens (tertiary/aromatic N) is 1. The topological polar surface area (TPSA) is 16.4 Å². The van der Waals surface area contributed by atoms with Crippen LogP contribution in [-0.4, -0.2) is 0 Å². The second kappa shape index (κ2) is 12.4. The molecule has 2 aliphatic rings. The first kappa shape index (κ1) is 31.4. The van der Waals surface area contributed by atoms with Crippen molar-refractivity contribution in [2.45, 2.75) is 25.2 Å². The summed E-state index contributed by atoms with van der Waals surface area (Å²) in [7, 11) is 0. The number of para-hydroxylation sites is 1. The zero-order valence-corrected chi connectivity index (χ0v) is 29.9. The Morgan fingerprint density at radius 2 is 1.15 bits per heavy atom. The average molecular weight is 682 g/mol. The monoisotopic (exact) mass is 681 g/mol. The van der Waals surface area contributed by atoms with Gasteiger partial charge in [-0.2, -0.15) is 0 Å². The first-order chi connectivity index (χ1) is 26.0. The highest BCUT2D eigenvalue weighted by Gasteiger charge is 2.44. The highest BCUT2D eigenvalue weighted by atomic mass is 16.3. The summed E-state index contributed by atoms with van der Waals surface area (Å²) in [6, 6.07) is 59.3. The summed E-state index contributed by atoms with van der Waals surface area (Å²) in [6.07, 6.45) is 9.22. The van der Waals surface area contributed by atoms with Gasteiger partial charge in [-0.25, -0.2) is 0 Å². The van der Waals surface area contributed by atoms with Gasteiger partial charge in [0, 0.05) is 39.3 Å². The number of allylic oxidation sites excluding steroid dienone is 4. The highest BCUT2D eigenvalue weighted by molar-refractivity contribution is 6.11. The Labute approximate surface area is 311 Å². The van der Waals surface area contributed by atoms with Crippen LogP contribution in [0.15, 0.2) is 193 Å². The fraction of sp³-hybridized carbons (Fsp3) is 0.0980. The molecule has 2 atom stereocenters. The van der Waals surface area contributed by atoms with Gasteiger partial charge in [0.25, 0.3) is 0 Å². The van der Waals surface area contributed by atoms with Crippen molar-refractivity contribution in [2.24, 2.45) is 5.92 Å². The molecule has 0 N–H and O–H groups in total. The molecule has 1 aromatic heterocycles. The molecule has 8 aromatic rings. The van der Waals surface area contributed by atoms with E-state index in [1.54, 1.807) is 0 Å². The summed E-state index contributed by atoms with van der Waals surface area (Å²) >= 11 is 0. The number of furan rings is 1. The largest absolute Gasteiger partial charge is 0.455 e. The number of rotatable bonds is 6. The van der Waals surface area contributed by atoms with Gasteiger partial charge in [0.05, 0.1) is 0 Å². The SMILES string of the molecule is CC1(C)c2ccc(N(c3ccc(-c4cc(-c5ccccc5)c5oc6ccccc6c5c4)cc3)c3cccc(-c4ccccc4)c3)cc2C2C=CC=CC21. The van der Waals surface area contributed by atoms with Gasteiger partial charge in [-0.05, 0) is 105 Å². The smallest absolute Gasteiger partial charge is 0.143 e. The van der Waals surface area contributed by atoms with E-state index in [-0.39, 0.29) is 5.41 Å². The Kier molecular flexibility index (Phi) is 7.33. The van der Waals surface area contributed by atoms with E-state index >= 15 is 0 Å². The number of hydrogen-bond donors (Lipinski definition) is 0. The highest BCUT2D eigenvalue weighted by Crippen LogP contribution is 2.54. The van der Waals surface area contributed by atoms with Crippen molar-refractivity contribution >= 4 is 39.0 Å². The minimum absolute atomic E-state index is 0.0690. The zero-order chi connectivity index (χ0) is 35.5. The molecule has 2 unspecified atom stereocenters. The summed E-state index contributed by atoms with van der Waals surface area (Å²) in [5, 5.41) is 2.26. The number of benzene rings is 7. The Morgan fingerprint density at radius 1 is 0.491 bits per heavy atom. The normalized spacial score (nSPS) is 16.9. The van der Waals surface area contributed by atoms with E-state index in [2.05, 4.69) is 201 Å². The van der Waals surface area contributed by atoms with Crippen LogP contribution in [0.2, 0.25) is 0 Å². The van der Waals surface area contributed by atoms with E-state index in [0.29, 0.717) is 11.8 Å². The Hall–Kier alpha value is -6.38. The van der Waals surface area contributed by atoms with Crippen LogP contribution in [0.4, 0.5) is 17.1 Å². The number of hydrogen-bond acceptors (Lipinski definition) is 2. The molecule has 2 aliphatic carbocycles. The molecule has 10 rings (SSSR count). The van der Waals surface area contributed by atoms with Crippen LogP contribution in [0.25, 0.3) is 55.3 Å². The third-order valence-corrected chi connectivity index (χ3v) is 11.5. The van der Waals surface area contributed by atoms with E-state index in [1.165, 1.54) is 27.9 Å². The van der Waals surface area contributed by atoms with Crippen LogP contribution in [0.3, 0.4) is 0 Å². The first-order valence-electron chi connectivity index (χ1n) is 18.6. The van der Waals surface area contributed by atoms with Crippen molar-refractivity contribution in [1.82, 2.24) is 0 Å². The zero-order valence-electron chi connectivity index (χ0n) is 29.9. The van der Waals surface area contributed by atoms with Gasteiger partial charge in [-0.3, -0.25) is 0 Å². The lowest BCUT2D eigenvalue weighted by molar-refractivity contribution is 0.394. The van der Waals surface area contributed by atoms with Crippen LogP contribution >= 0.6 is 0 Å². The molecule has 2 heteroatoms. The molecular weight excluding hydrogens is 643 g/mol. The standard InChI is InChI=1S/C51H39NO/c1-51(2)47-22-11-9-20-42(47)45-33-41(28-29-48(45)51)52(40-19-13-18-37(30-40)34-14-5-3-6-15-34)39-26-24-35(25-27-39)38-31-44(36-16-7-4-8-17-36)50-46(32-38)43-21-10-12-23-49(43)53-50/h3-33,42,47H,1-2H3. The fourth-order valence-corrected chi connectivity index (χ4v) is 8.86. The van der Waals surface area contributed by atoms with E-state index in [1.807, 2.05) is 6.07 Å². The molecular formula is C51H39NO. The minimum atomic E-state index is 0.0690. The van der Waals surface area contributed by atoms with Crippen molar-refractivity contribution in [2.75, 3.05) is 4.90 Å². The van der Waals surface area contributed by atoms with Gasteiger partial charge < -0.3 is 9.32 Å². The second-order valence-corrected chi connectivity index (χ2v) is 15.0. The maximum absolute atomic E-state index is 6.48. The predicted molar refractivity (Wildman–Crippen MR) is 222 cm³/mol. The van der Waals surface area contributed by atoms with Gasteiger partial charge in [0.1, 0.15) is 11.2 Å². The molecule has 0 fully saturated rings. The first-order valence-corrected chi connectivity index (χ1v) is 18.6. The third kappa shape index (κ3) is 5.25. The molecule has 0 amide bonds. The maximum atomic E-state index is 6.48. The van der Waals surface area contributed by atoms with Crippen LogP contribution in [0.5, 0.6) is 0 Å². The van der Waals surface area contributed by atoms with Crippen LogP contribution in [0, 0.1) is 5.92 Å². The maximum Gasteiger partial charge on any atom is 0.143 e. The van der Waals surface area contributed by atoms with E-state index in [0.717, 1.165) is 55.6 Å². The molecule has 254 valence electrons. The fourth-order valence-electron chi connectivity index (χ4n) is 8.86. The Bertz CT molecular complexity index is 2700. The molecule has 53 heavy (non-hydrogen) atoms. The van der Waals surface area contributed by atoms with Crippen LogP contribution < -0.4 is 4.90 Å². The predicted octanol–water partition coefficient (Wildman–Crippen LogP) is 14.2. The summed E-state index contributed by atoms with van der Waals surface area (Å²) in [4.78, 5) is 2.42. The van der Waals surface area contributed by atoms with E-state index in [9.17, 15) is 0 Å². The van der Waals surface area contributed by atoms with Crippen molar-refractivity contribution in [1.29, 1.82) is 0 Å². The van der Waals surface area contributed by atoms with Gasteiger partial charge >= 0.3 is 0 Å². The van der Waals surface area contributed by atoms with Crippen molar-refractivity contribution in [3.05, 3.63) is 199 Å². The lowest BCUT2D eigenvalue weighted by Gasteiger charge is -2.29. The lowest BCUT2D eigenvalue weighted by Crippen LogP contribution is -2.24. The minimum Gasteiger partial charge on any atom is -0.455 e. The number of fused-ring (bicyclic) bond motifs is 6. The van der Waals surface area contributed by atoms with Gasteiger partial charge in [-0.1, -0.05) is 147 Å². The second-order valence-electron chi connectivity index (χ2n) is 15.0. The molecule has 1 heterocycles. The molecule has 0 bridgehead atoms. The van der Waals surface area contributed by atoms with Crippen molar-refractivity contribution in [3.8, 4) is 33.4 Å². The summed E-state index contributed by atoms with van der Waals surface area (Å²) in [5.74, 6) is 0.829. The molecule has 0 saturated heterocycles. The van der Waals surface area contributed by atoms with Crippen LogP contribution in [-0.2, 0) is 5.41 Å². The molecule has 0 saturated carbocycles. The molecule has 0 aliphatic heterocycles. The van der Waals surface area contributed by atoms with Crippen molar-refractivity contribution in [3.63, 3.8) is 0 Å². The number of anilines is 3. The van der Waals surface area contributed by atoms with Crippen LogP contribution in [0.1, 0.15) is 30.9 Å². The van der Waals surface area contributed by atoms with Crippen molar-refractivity contribution < 1.29 is 4.42 Å². The third-order valence-electron chi connectivity index (χ3n) is 11.5.